The number of fused-ring (bicyclic) bond motifs is 1. The number of carbonyl (C=O) groups excluding carboxylic acids is 1. The van der Waals surface area contributed by atoms with Gasteiger partial charge in [0.25, 0.3) is 11.5 Å². The van der Waals surface area contributed by atoms with Crippen LogP contribution in [0.4, 0.5) is 0 Å². The lowest BCUT2D eigenvalue weighted by atomic mass is 10.1. The third kappa shape index (κ3) is 3.68. The van der Waals surface area contributed by atoms with Crippen LogP contribution in [0.2, 0.25) is 0 Å². The second-order valence-corrected chi connectivity index (χ2v) is 8.90. The number of thiophene rings is 1. The molecule has 32 heavy (non-hydrogen) atoms. The standard InChI is InChI=1S/C23H17N5O2S2/c1-14(25-26-21(29)18-12-7-13-31-18)19-20(15-8-3-2-4-9-15)27-28(22(19)30)23-24-16-10-5-6-11-17(16)32-23/h2-13,27H,1H3,(H,26,29)/b25-14+. The SMILES string of the molecule is C/C(=N\NC(=O)c1cccs1)c1c(-c2ccccc2)[nH]n(-c2nc3ccccc3s2)c1=O. The van der Waals surface area contributed by atoms with Crippen molar-refractivity contribution in [1.29, 1.82) is 0 Å². The quantitative estimate of drug-likeness (QED) is 0.296. The molecule has 5 aromatic rings. The van der Waals surface area contributed by atoms with E-state index < -0.39 is 0 Å². The molecule has 3 heterocycles. The summed E-state index contributed by atoms with van der Waals surface area (Å²) in [6.45, 7) is 1.70. The highest BCUT2D eigenvalue weighted by Gasteiger charge is 2.21. The first-order valence-electron chi connectivity index (χ1n) is 9.76. The van der Waals surface area contributed by atoms with Gasteiger partial charge >= 0.3 is 0 Å². The van der Waals surface area contributed by atoms with Gasteiger partial charge in [-0.1, -0.05) is 59.9 Å². The Balaban J connectivity index is 1.61. The molecule has 0 aliphatic carbocycles. The average molecular weight is 460 g/mol. The summed E-state index contributed by atoms with van der Waals surface area (Å²) in [4.78, 5) is 30.9. The zero-order chi connectivity index (χ0) is 22.1. The van der Waals surface area contributed by atoms with Gasteiger partial charge in [-0.3, -0.25) is 14.7 Å². The van der Waals surface area contributed by atoms with Crippen LogP contribution in [0.3, 0.4) is 0 Å². The molecule has 0 saturated carbocycles. The Kier molecular flexibility index (Phi) is 5.26. The molecule has 2 N–H and O–H groups in total. The van der Waals surface area contributed by atoms with Crippen molar-refractivity contribution < 1.29 is 4.79 Å². The number of benzene rings is 2. The number of thiazole rings is 1. The van der Waals surface area contributed by atoms with E-state index in [1.807, 2.05) is 60.0 Å². The Hall–Kier alpha value is -3.82. The van der Waals surface area contributed by atoms with Crippen molar-refractivity contribution in [3.63, 3.8) is 0 Å². The third-order valence-corrected chi connectivity index (χ3v) is 6.75. The molecule has 158 valence electrons. The number of aromatic nitrogens is 3. The molecule has 0 saturated heterocycles. The second-order valence-electron chi connectivity index (χ2n) is 6.95. The van der Waals surface area contributed by atoms with E-state index in [9.17, 15) is 9.59 Å². The largest absolute Gasteiger partial charge is 0.288 e. The molecule has 3 aromatic heterocycles. The summed E-state index contributed by atoms with van der Waals surface area (Å²) in [6, 6.07) is 20.8. The number of H-pyrrole nitrogens is 1. The van der Waals surface area contributed by atoms with Gasteiger partial charge in [-0.2, -0.15) is 9.78 Å². The van der Waals surface area contributed by atoms with Crippen molar-refractivity contribution in [2.45, 2.75) is 6.92 Å². The number of hydrazone groups is 1. The van der Waals surface area contributed by atoms with E-state index in [1.54, 1.807) is 19.1 Å². The van der Waals surface area contributed by atoms with E-state index in [0.717, 1.165) is 15.8 Å². The highest BCUT2D eigenvalue weighted by atomic mass is 32.1. The number of carbonyl (C=O) groups is 1. The molecule has 9 heteroatoms. The summed E-state index contributed by atoms with van der Waals surface area (Å²) < 4.78 is 2.42. The highest BCUT2D eigenvalue weighted by molar-refractivity contribution is 7.20. The van der Waals surface area contributed by atoms with Crippen LogP contribution in [0.15, 0.2) is 82.0 Å². The number of amides is 1. The Labute approximate surface area is 190 Å². The molecule has 2 aromatic carbocycles. The first kappa shape index (κ1) is 20.1. The maximum atomic E-state index is 13.5. The van der Waals surface area contributed by atoms with E-state index in [0.29, 0.717) is 27.0 Å². The number of nitrogens with one attached hydrogen (secondary N) is 2. The molecule has 1 amide bonds. The van der Waals surface area contributed by atoms with E-state index in [2.05, 4.69) is 20.6 Å². The number of aromatic amines is 1. The van der Waals surface area contributed by atoms with Gasteiger partial charge in [0.2, 0.25) is 5.13 Å². The van der Waals surface area contributed by atoms with Crippen molar-refractivity contribution in [3.8, 4) is 16.4 Å². The number of para-hydroxylation sites is 1. The molecule has 0 aliphatic rings. The second kappa shape index (κ2) is 8.37. The normalized spacial score (nSPS) is 11.7. The highest BCUT2D eigenvalue weighted by Crippen LogP contribution is 2.26. The molecule has 0 spiro atoms. The van der Waals surface area contributed by atoms with Crippen LogP contribution < -0.4 is 11.0 Å². The Morgan fingerprint density at radius 1 is 1.06 bits per heavy atom. The maximum absolute atomic E-state index is 13.5. The van der Waals surface area contributed by atoms with Gasteiger partial charge in [-0.15, -0.1) is 11.3 Å². The van der Waals surface area contributed by atoms with Crippen molar-refractivity contribution in [2.24, 2.45) is 5.10 Å². The zero-order valence-corrected chi connectivity index (χ0v) is 18.5. The Morgan fingerprint density at radius 2 is 1.84 bits per heavy atom. The van der Waals surface area contributed by atoms with Crippen LogP contribution in [0, 0.1) is 0 Å². The van der Waals surface area contributed by atoms with E-state index in [1.165, 1.54) is 27.4 Å². The monoisotopic (exact) mass is 459 g/mol. The van der Waals surface area contributed by atoms with Crippen LogP contribution in [0.25, 0.3) is 26.6 Å². The minimum absolute atomic E-state index is 0.283. The molecule has 0 unspecified atom stereocenters. The molecular formula is C23H17N5O2S2. The van der Waals surface area contributed by atoms with Gasteiger partial charge < -0.3 is 0 Å². The smallest absolute Gasteiger partial charge is 0.283 e. The Morgan fingerprint density at radius 3 is 2.59 bits per heavy atom. The van der Waals surface area contributed by atoms with Crippen LogP contribution in [-0.2, 0) is 0 Å². The van der Waals surface area contributed by atoms with Crippen molar-refractivity contribution >= 4 is 44.5 Å². The lowest BCUT2D eigenvalue weighted by Crippen LogP contribution is -2.23. The number of hydrogen-bond acceptors (Lipinski definition) is 6. The van der Waals surface area contributed by atoms with Crippen LogP contribution in [0.5, 0.6) is 0 Å². The molecule has 0 fully saturated rings. The minimum atomic E-state index is -0.317. The summed E-state index contributed by atoms with van der Waals surface area (Å²) in [7, 11) is 0. The van der Waals surface area contributed by atoms with Gasteiger partial charge in [-0.05, 0) is 30.5 Å². The first-order chi connectivity index (χ1) is 15.6. The fourth-order valence-corrected chi connectivity index (χ4v) is 4.87. The summed E-state index contributed by atoms with van der Waals surface area (Å²) in [5, 5.41) is 9.78. The molecule has 0 radical (unpaired) electrons. The van der Waals surface area contributed by atoms with E-state index in [4.69, 9.17) is 0 Å². The molecule has 0 aliphatic heterocycles. The molecular weight excluding hydrogens is 442 g/mol. The maximum Gasteiger partial charge on any atom is 0.283 e. The summed E-state index contributed by atoms with van der Waals surface area (Å²) in [6.07, 6.45) is 0. The molecule has 0 atom stereocenters. The van der Waals surface area contributed by atoms with Gasteiger partial charge in [0, 0.05) is 5.56 Å². The first-order valence-corrected chi connectivity index (χ1v) is 11.5. The number of nitrogens with zero attached hydrogens (tertiary/aromatic N) is 3. The molecule has 0 bridgehead atoms. The fourth-order valence-electron chi connectivity index (χ4n) is 3.33. The van der Waals surface area contributed by atoms with Gasteiger partial charge in [-0.25, -0.2) is 10.4 Å². The van der Waals surface area contributed by atoms with Gasteiger partial charge in [0.05, 0.1) is 32.1 Å². The predicted molar refractivity (Wildman–Crippen MR) is 129 cm³/mol. The zero-order valence-electron chi connectivity index (χ0n) is 16.9. The Bertz CT molecular complexity index is 1460. The van der Waals surface area contributed by atoms with Gasteiger partial charge in [0.15, 0.2) is 0 Å². The van der Waals surface area contributed by atoms with Crippen LogP contribution >= 0.6 is 22.7 Å². The topological polar surface area (TPSA) is 92.1 Å². The minimum Gasteiger partial charge on any atom is -0.288 e. The van der Waals surface area contributed by atoms with Gasteiger partial charge in [0.1, 0.15) is 0 Å². The molecule has 5 rings (SSSR count). The van der Waals surface area contributed by atoms with Crippen molar-refractivity contribution in [2.75, 3.05) is 0 Å². The van der Waals surface area contributed by atoms with Crippen LogP contribution in [-0.4, -0.2) is 26.4 Å². The summed E-state index contributed by atoms with van der Waals surface area (Å²) in [5.41, 5.74) is 5.31. The predicted octanol–water partition coefficient (Wildman–Crippen LogP) is 4.66. The van der Waals surface area contributed by atoms with Crippen molar-refractivity contribution in [3.05, 3.63) is 92.9 Å². The third-order valence-electron chi connectivity index (χ3n) is 4.86. The van der Waals surface area contributed by atoms with E-state index >= 15 is 0 Å². The number of rotatable bonds is 5. The average Bonchev–Trinajstić information content (AvgIpc) is 3.56. The summed E-state index contributed by atoms with van der Waals surface area (Å²) >= 11 is 2.75. The summed E-state index contributed by atoms with van der Waals surface area (Å²) in [5.74, 6) is -0.317. The van der Waals surface area contributed by atoms with Crippen molar-refractivity contribution in [1.82, 2.24) is 20.2 Å². The van der Waals surface area contributed by atoms with E-state index in [-0.39, 0.29) is 11.5 Å². The molecule has 7 nitrogen and oxygen atoms in total. The lowest BCUT2D eigenvalue weighted by molar-refractivity contribution is 0.0959. The van der Waals surface area contributed by atoms with Crippen LogP contribution in [0.1, 0.15) is 22.2 Å². The number of hydrogen-bond donors (Lipinski definition) is 2. The fraction of sp³-hybridized carbons (Fsp3) is 0.0435. The lowest BCUT2D eigenvalue weighted by Gasteiger charge is -2.03.